The lowest BCUT2D eigenvalue weighted by atomic mass is 10.2. The number of hydrogen-bond donors (Lipinski definition) is 1. The third kappa shape index (κ3) is 4.56. The van der Waals surface area contributed by atoms with Crippen LogP contribution in [0.25, 0.3) is 0 Å². The molecule has 0 radical (unpaired) electrons. The topological polar surface area (TPSA) is 43.4 Å². The Balaban J connectivity index is 2.73. The van der Waals surface area contributed by atoms with Crippen LogP contribution in [0.5, 0.6) is 5.75 Å². The molecule has 0 aliphatic heterocycles. The van der Waals surface area contributed by atoms with Gasteiger partial charge in [0, 0.05) is 5.92 Å². The van der Waals surface area contributed by atoms with Gasteiger partial charge in [0.25, 0.3) is 0 Å². The number of thiol groups is 1. The molecule has 7 heteroatoms. The van der Waals surface area contributed by atoms with Crippen molar-refractivity contribution < 1.29 is 26.3 Å². The second-order valence-corrected chi connectivity index (χ2v) is 4.96. The van der Waals surface area contributed by atoms with Gasteiger partial charge in [0.15, 0.2) is 0 Å². The molecule has 1 aromatic rings. The molecule has 0 aliphatic rings. The Kier molecular flexibility index (Phi) is 5.01. The maximum Gasteiger partial charge on any atom is 0.419 e. The average molecular weight is 282 g/mol. The average Bonchev–Trinajstić information content (AvgIpc) is 2.24. The number of hydrogen-bond acceptors (Lipinski definition) is 3. The second kappa shape index (κ2) is 6.08. The smallest absolute Gasteiger partial charge is 0.419 e. The van der Waals surface area contributed by atoms with E-state index in [0.29, 0.717) is 0 Å². The molecule has 0 saturated carbocycles. The molecule has 0 amide bonds. The molecule has 0 aromatic heterocycles. The zero-order chi connectivity index (χ0) is 13.8. The Morgan fingerprint density at radius 1 is 1.28 bits per heavy atom. The zero-order valence-corrected chi connectivity index (χ0v) is 10.5. The van der Waals surface area contributed by atoms with Crippen molar-refractivity contribution in [2.75, 3.05) is 12.4 Å². The largest absolute Gasteiger partial charge is 0.493 e. The molecule has 1 aromatic carbocycles. The summed E-state index contributed by atoms with van der Waals surface area (Å²) in [6, 6.07) is 4.85. The molecule has 0 spiro atoms. The molecule has 0 heterocycles. The number of halogens is 3. The SMILES string of the molecule is CC(COc1ccccc1C(F)(F)F)C[SH](=O)=O. The standard InChI is InChI=1S/C11H13F3O3S/c1-8(7-18(15)16)6-17-10-5-3-2-4-9(10)11(12,13)14/h2-5,8,18H,6-7H2,1H3. The summed E-state index contributed by atoms with van der Waals surface area (Å²) in [5.74, 6) is -0.742. The fraction of sp³-hybridized carbons (Fsp3) is 0.455. The molecular weight excluding hydrogens is 269 g/mol. The minimum absolute atomic E-state index is 0.0730. The highest BCUT2D eigenvalue weighted by Crippen LogP contribution is 2.35. The lowest BCUT2D eigenvalue weighted by molar-refractivity contribution is -0.139. The molecule has 0 aliphatic carbocycles. The van der Waals surface area contributed by atoms with Gasteiger partial charge in [-0.3, -0.25) is 0 Å². The van der Waals surface area contributed by atoms with Gasteiger partial charge in [0.2, 0.25) is 0 Å². The molecule has 0 N–H and O–H groups in total. The van der Waals surface area contributed by atoms with Crippen molar-refractivity contribution in [1.29, 1.82) is 0 Å². The first kappa shape index (κ1) is 14.8. The van der Waals surface area contributed by atoms with Crippen LogP contribution in [-0.4, -0.2) is 20.8 Å². The van der Waals surface area contributed by atoms with Gasteiger partial charge in [-0.1, -0.05) is 19.1 Å². The van der Waals surface area contributed by atoms with E-state index in [9.17, 15) is 21.6 Å². The van der Waals surface area contributed by atoms with E-state index >= 15 is 0 Å². The number of rotatable bonds is 5. The van der Waals surface area contributed by atoms with Crippen LogP contribution in [0.3, 0.4) is 0 Å². The van der Waals surface area contributed by atoms with Crippen LogP contribution in [0, 0.1) is 5.92 Å². The van der Waals surface area contributed by atoms with Gasteiger partial charge in [-0.2, -0.15) is 13.2 Å². The first-order valence-corrected chi connectivity index (χ1v) is 6.58. The highest BCUT2D eigenvalue weighted by molar-refractivity contribution is 7.72. The summed E-state index contributed by atoms with van der Waals surface area (Å²) >= 11 is 0. The van der Waals surface area contributed by atoms with Crippen molar-refractivity contribution in [3.05, 3.63) is 29.8 Å². The molecule has 102 valence electrons. The van der Waals surface area contributed by atoms with Gasteiger partial charge < -0.3 is 4.74 Å². The predicted molar refractivity (Wildman–Crippen MR) is 61.3 cm³/mol. The van der Waals surface area contributed by atoms with Crippen molar-refractivity contribution in [2.24, 2.45) is 5.92 Å². The van der Waals surface area contributed by atoms with Crippen molar-refractivity contribution in [3.8, 4) is 5.75 Å². The lowest BCUT2D eigenvalue weighted by Crippen LogP contribution is -2.16. The van der Waals surface area contributed by atoms with E-state index in [0.717, 1.165) is 6.07 Å². The van der Waals surface area contributed by atoms with Crippen LogP contribution in [0.15, 0.2) is 24.3 Å². The van der Waals surface area contributed by atoms with E-state index in [2.05, 4.69) is 0 Å². The normalized spacial score (nSPS) is 13.6. The minimum Gasteiger partial charge on any atom is -0.493 e. The highest BCUT2D eigenvalue weighted by Gasteiger charge is 2.34. The van der Waals surface area contributed by atoms with E-state index in [-0.39, 0.29) is 24.0 Å². The maximum atomic E-state index is 12.6. The third-order valence-corrected chi connectivity index (χ3v) is 3.10. The predicted octanol–water partition coefficient (Wildman–Crippen LogP) is 2.33. The minimum atomic E-state index is -4.48. The fourth-order valence-corrected chi connectivity index (χ4v) is 1.98. The first-order chi connectivity index (χ1) is 8.30. The Labute approximate surface area is 105 Å². The summed E-state index contributed by atoms with van der Waals surface area (Å²) in [7, 11) is -2.55. The molecule has 1 unspecified atom stereocenters. The van der Waals surface area contributed by atoms with Crippen molar-refractivity contribution in [2.45, 2.75) is 13.1 Å². The van der Waals surface area contributed by atoms with Gasteiger partial charge in [-0.15, -0.1) is 0 Å². The van der Waals surface area contributed by atoms with E-state index in [1.165, 1.54) is 18.2 Å². The first-order valence-electron chi connectivity index (χ1n) is 5.21. The van der Waals surface area contributed by atoms with Crippen molar-refractivity contribution in [1.82, 2.24) is 0 Å². The van der Waals surface area contributed by atoms with Gasteiger partial charge in [0.1, 0.15) is 16.5 Å². The molecule has 1 atom stereocenters. The lowest BCUT2D eigenvalue weighted by Gasteiger charge is -2.15. The summed E-state index contributed by atoms with van der Waals surface area (Å²) < 4.78 is 63.8. The molecular formula is C11H13F3O3S. The second-order valence-electron chi connectivity index (χ2n) is 3.93. The summed E-state index contributed by atoms with van der Waals surface area (Å²) in [5, 5.41) is 0. The highest BCUT2D eigenvalue weighted by atomic mass is 32.2. The number of ether oxygens (including phenoxy) is 1. The Hall–Kier alpha value is -1.24. The number of benzene rings is 1. The van der Waals surface area contributed by atoms with Gasteiger partial charge >= 0.3 is 6.18 Å². The van der Waals surface area contributed by atoms with Crippen LogP contribution < -0.4 is 4.74 Å². The summed E-state index contributed by atoms with van der Waals surface area (Å²) in [6.07, 6.45) is -4.48. The Morgan fingerprint density at radius 2 is 1.89 bits per heavy atom. The monoisotopic (exact) mass is 282 g/mol. The maximum absolute atomic E-state index is 12.6. The summed E-state index contributed by atoms with van der Waals surface area (Å²) in [6.45, 7) is 1.53. The molecule has 3 nitrogen and oxygen atoms in total. The Bertz CT molecular complexity index is 461. The van der Waals surface area contributed by atoms with Crippen LogP contribution in [0.1, 0.15) is 12.5 Å². The van der Waals surface area contributed by atoms with Crippen molar-refractivity contribution in [3.63, 3.8) is 0 Å². The molecule has 0 bridgehead atoms. The van der Waals surface area contributed by atoms with E-state index in [1.807, 2.05) is 0 Å². The van der Waals surface area contributed by atoms with Gasteiger partial charge in [0.05, 0.1) is 17.9 Å². The Morgan fingerprint density at radius 3 is 2.44 bits per heavy atom. The molecule has 1 rings (SSSR count). The van der Waals surface area contributed by atoms with E-state index in [1.54, 1.807) is 6.92 Å². The summed E-state index contributed by atoms with van der Waals surface area (Å²) in [5.41, 5.74) is -0.858. The molecule has 18 heavy (non-hydrogen) atoms. The number of alkyl halides is 3. The quantitative estimate of drug-likeness (QED) is 0.843. The van der Waals surface area contributed by atoms with Gasteiger partial charge in [-0.05, 0) is 12.1 Å². The van der Waals surface area contributed by atoms with Crippen LogP contribution in [0.2, 0.25) is 0 Å². The van der Waals surface area contributed by atoms with Gasteiger partial charge in [-0.25, -0.2) is 8.42 Å². The summed E-state index contributed by atoms with van der Waals surface area (Å²) in [4.78, 5) is 0. The van der Waals surface area contributed by atoms with Crippen LogP contribution >= 0.6 is 0 Å². The van der Waals surface area contributed by atoms with E-state index < -0.39 is 22.4 Å². The molecule has 0 fully saturated rings. The zero-order valence-electron chi connectivity index (χ0n) is 9.61. The number of para-hydroxylation sites is 1. The van der Waals surface area contributed by atoms with E-state index in [4.69, 9.17) is 4.74 Å². The molecule has 0 saturated heterocycles. The fourth-order valence-electron chi connectivity index (χ4n) is 1.37. The van der Waals surface area contributed by atoms with Crippen LogP contribution in [0.4, 0.5) is 13.2 Å². The van der Waals surface area contributed by atoms with Crippen LogP contribution in [-0.2, 0) is 16.9 Å². The van der Waals surface area contributed by atoms with Crippen molar-refractivity contribution >= 4 is 10.7 Å². The third-order valence-electron chi connectivity index (χ3n) is 2.18.